The molecule has 0 aliphatic heterocycles. The first-order valence-corrected chi connectivity index (χ1v) is 7.96. The van der Waals surface area contributed by atoms with Gasteiger partial charge in [0.1, 0.15) is 5.56 Å². The molecule has 1 aromatic heterocycles. The molecular formula is C19H15N3O5. The number of nitrogens with one attached hydrogen (secondary N) is 2. The number of anilines is 2. The van der Waals surface area contributed by atoms with Gasteiger partial charge in [0, 0.05) is 17.4 Å². The standard InChI is InChI=1S/C19H15N3O5/c1-12-8-9-13(20-19(24)17-7-4-10-27-17)11-15(12)21-18(23)14-5-2-3-6-16(14)22(25)26/h2-11H,1H3,(H,20,24)(H,21,23). The second kappa shape index (κ2) is 7.52. The molecule has 0 spiro atoms. The Morgan fingerprint density at radius 1 is 1.00 bits per heavy atom. The summed E-state index contributed by atoms with van der Waals surface area (Å²) in [5.41, 5.74) is 1.27. The van der Waals surface area contributed by atoms with E-state index >= 15 is 0 Å². The molecule has 3 rings (SSSR count). The van der Waals surface area contributed by atoms with Crippen LogP contribution in [0.4, 0.5) is 17.1 Å². The third-order valence-corrected chi connectivity index (χ3v) is 3.83. The smallest absolute Gasteiger partial charge is 0.291 e. The van der Waals surface area contributed by atoms with Gasteiger partial charge in [-0.3, -0.25) is 19.7 Å². The molecule has 2 N–H and O–H groups in total. The van der Waals surface area contributed by atoms with Gasteiger partial charge in [-0.1, -0.05) is 18.2 Å². The number of furan rings is 1. The Kier molecular flexibility index (Phi) is 4.98. The van der Waals surface area contributed by atoms with E-state index in [4.69, 9.17) is 4.42 Å². The van der Waals surface area contributed by atoms with E-state index in [9.17, 15) is 19.7 Å². The number of nitro benzene ring substituents is 1. The fourth-order valence-electron chi connectivity index (χ4n) is 2.45. The molecule has 0 bridgehead atoms. The van der Waals surface area contributed by atoms with Crippen LogP contribution in [0.5, 0.6) is 0 Å². The van der Waals surface area contributed by atoms with E-state index in [0.717, 1.165) is 5.56 Å². The number of hydrogen-bond acceptors (Lipinski definition) is 5. The third kappa shape index (κ3) is 4.01. The van der Waals surface area contributed by atoms with Crippen molar-refractivity contribution >= 4 is 28.9 Å². The monoisotopic (exact) mass is 365 g/mol. The zero-order chi connectivity index (χ0) is 19.4. The van der Waals surface area contributed by atoms with E-state index in [1.807, 2.05) is 0 Å². The predicted molar refractivity (Wildman–Crippen MR) is 98.9 cm³/mol. The minimum Gasteiger partial charge on any atom is -0.459 e. The highest BCUT2D eigenvalue weighted by atomic mass is 16.6. The summed E-state index contributed by atoms with van der Waals surface area (Å²) in [6.45, 7) is 1.77. The molecule has 0 unspecified atom stereocenters. The summed E-state index contributed by atoms with van der Waals surface area (Å²) in [5.74, 6) is -0.888. The average molecular weight is 365 g/mol. The first kappa shape index (κ1) is 17.9. The summed E-state index contributed by atoms with van der Waals surface area (Å²) >= 11 is 0. The van der Waals surface area contributed by atoms with Crippen LogP contribution in [0.25, 0.3) is 0 Å². The van der Waals surface area contributed by atoms with E-state index in [1.165, 1.54) is 30.5 Å². The van der Waals surface area contributed by atoms with Crippen LogP contribution in [0.2, 0.25) is 0 Å². The van der Waals surface area contributed by atoms with Gasteiger partial charge in [-0.05, 0) is 42.8 Å². The maximum Gasteiger partial charge on any atom is 0.291 e. The zero-order valence-electron chi connectivity index (χ0n) is 14.3. The molecule has 3 aromatic rings. The van der Waals surface area contributed by atoms with Crippen molar-refractivity contribution in [2.24, 2.45) is 0 Å². The molecule has 8 heteroatoms. The Hall–Kier alpha value is -3.94. The number of nitro groups is 1. The molecule has 0 atom stereocenters. The highest BCUT2D eigenvalue weighted by molar-refractivity contribution is 6.08. The minimum atomic E-state index is -0.611. The Morgan fingerprint density at radius 3 is 2.48 bits per heavy atom. The molecule has 0 saturated heterocycles. The molecule has 2 amide bonds. The topological polar surface area (TPSA) is 114 Å². The molecular weight excluding hydrogens is 350 g/mol. The molecule has 27 heavy (non-hydrogen) atoms. The van der Waals surface area contributed by atoms with Crippen LogP contribution in [0, 0.1) is 17.0 Å². The van der Waals surface area contributed by atoms with E-state index in [-0.39, 0.29) is 17.0 Å². The van der Waals surface area contributed by atoms with Crippen molar-refractivity contribution in [1.29, 1.82) is 0 Å². The second-order valence-electron chi connectivity index (χ2n) is 5.69. The third-order valence-electron chi connectivity index (χ3n) is 3.83. The summed E-state index contributed by atoms with van der Waals surface area (Å²) in [6.07, 6.45) is 1.39. The van der Waals surface area contributed by atoms with Gasteiger partial charge in [-0.2, -0.15) is 0 Å². The Bertz CT molecular complexity index is 1010. The Labute approximate surface area is 154 Å². The summed E-state index contributed by atoms with van der Waals surface area (Å²) in [6, 6.07) is 13.8. The van der Waals surface area contributed by atoms with Gasteiger partial charge in [-0.15, -0.1) is 0 Å². The molecule has 0 aliphatic carbocycles. The Morgan fingerprint density at radius 2 is 1.78 bits per heavy atom. The lowest BCUT2D eigenvalue weighted by Crippen LogP contribution is -2.15. The summed E-state index contributed by atoms with van der Waals surface area (Å²) < 4.78 is 5.03. The van der Waals surface area contributed by atoms with Crippen LogP contribution in [0.1, 0.15) is 26.5 Å². The number of rotatable bonds is 5. The number of para-hydroxylation sites is 1. The number of amides is 2. The van der Waals surface area contributed by atoms with Crippen LogP contribution < -0.4 is 10.6 Å². The van der Waals surface area contributed by atoms with Gasteiger partial charge in [-0.25, -0.2) is 0 Å². The van der Waals surface area contributed by atoms with Crippen LogP contribution in [-0.2, 0) is 0 Å². The van der Waals surface area contributed by atoms with E-state index in [0.29, 0.717) is 11.4 Å². The number of aryl methyl sites for hydroxylation is 1. The van der Waals surface area contributed by atoms with Crippen molar-refractivity contribution in [1.82, 2.24) is 0 Å². The van der Waals surface area contributed by atoms with Gasteiger partial charge in [0.15, 0.2) is 5.76 Å². The van der Waals surface area contributed by atoms with E-state index < -0.39 is 16.7 Å². The lowest BCUT2D eigenvalue weighted by atomic mass is 10.1. The van der Waals surface area contributed by atoms with Crippen molar-refractivity contribution in [3.63, 3.8) is 0 Å². The highest BCUT2D eigenvalue weighted by Crippen LogP contribution is 2.24. The molecule has 136 valence electrons. The first-order valence-electron chi connectivity index (χ1n) is 7.96. The van der Waals surface area contributed by atoms with E-state index in [2.05, 4.69) is 10.6 Å². The molecule has 0 fully saturated rings. The lowest BCUT2D eigenvalue weighted by Gasteiger charge is -2.11. The highest BCUT2D eigenvalue weighted by Gasteiger charge is 2.20. The van der Waals surface area contributed by atoms with Gasteiger partial charge < -0.3 is 15.1 Å². The van der Waals surface area contributed by atoms with Crippen LogP contribution in [-0.4, -0.2) is 16.7 Å². The van der Waals surface area contributed by atoms with Crippen molar-refractivity contribution < 1.29 is 18.9 Å². The van der Waals surface area contributed by atoms with Crippen molar-refractivity contribution in [2.75, 3.05) is 10.6 Å². The van der Waals surface area contributed by atoms with E-state index in [1.54, 1.807) is 37.3 Å². The fourth-order valence-corrected chi connectivity index (χ4v) is 2.45. The summed E-state index contributed by atoms with van der Waals surface area (Å²) in [7, 11) is 0. The second-order valence-corrected chi connectivity index (χ2v) is 5.69. The number of benzene rings is 2. The number of hydrogen-bond donors (Lipinski definition) is 2. The molecule has 8 nitrogen and oxygen atoms in total. The number of nitrogens with zero attached hydrogens (tertiary/aromatic N) is 1. The largest absolute Gasteiger partial charge is 0.459 e. The van der Waals surface area contributed by atoms with Gasteiger partial charge in [0.25, 0.3) is 17.5 Å². The number of carbonyl (C=O) groups is 2. The van der Waals surface area contributed by atoms with Gasteiger partial charge in [0.2, 0.25) is 0 Å². The van der Waals surface area contributed by atoms with Gasteiger partial charge >= 0.3 is 0 Å². The predicted octanol–water partition coefficient (Wildman–Crippen LogP) is 4.00. The van der Waals surface area contributed by atoms with Crippen molar-refractivity contribution in [3.05, 3.63) is 87.9 Å². The summed E-state index contributed by atoms with van der Waals surface area (Å²) in [4.78, 5) is 35.1. The first-order chi connectivity index (χ1) is 13.0. The maximum absolute atomic E-state index is 12.5. The maximum atomic E-state index is 12.5. The van der Waals surface area contributed by atoms with Crippen molar-refractivity contribution in [3.8, 4) is 0 Å². The molecule has 1 heterocycles. The van der Waals surface area contributed by atoms with Gasteiger partial charge in [0.05, 0.1) is 11.2 Å². The lowest BCUT2D eigenvalue weighted by molar-refractivity contribution is -0.385. The average Bonchev–Trinajstić information content (AvgIpc) is 3.19. The molecule has 0 aliphatic rings. The van der Waals surface area contributed by atoms with Crippen LogP contribution in [0.15, 0.2) is 65.3 Å². The minimum absolute atomic E-state index is 0.0491. The quantitative estimate of drug-likeness (QED) is 0.524. The normalized spacial score (nSPS) is 10.3. The zero-order valence-corrected chi connectivity index (χ0v) is 14.3. The Balaban J connectivity index is 1.82. The van der Waals surface area contributed by atoms with Crippen LogP contribution in [0.3, 0.4) is 0 Å². The SMILES string of the molecule is Cc1ccc(NC(=O)c2ccco2)cc1NC(=O)c1ccccc1[N+](=O)[O-]. The summed E-state index contributed by atoms with van der Waals surface area (Å²) in [5, 5.41) is 16.4. The molecule has 2 aromatic carbocycles. The molecule has 0 saturated carbocycles. The van der Waals surface area contributed by atoms with Crippen molar-refractivity contribution in [2.45, 2.75) is 6.92 Å². The number of carbonyl (C=O) groups excluding carboxylic acids is 2. The fraction of sp³-hybridized carbons (Fsp3) is 0.0526. The molecule has 0 radical (unpaired) electrons. The van der Waals surface area contributed by atoms with Crippen LogP contribution >= 0.6 is 0 Å².